The first kappa shape index (κ1) is 14.7. The van der Waals surface area contributed by atoms with Gasteiger partial charge in [0.05, 0.1) is 10.0 Å². The van der Waals surface area contributed by atoms with Gasteiger partial charge in [0, 0.05) is 11.4 Å². The summed E-state index contributed by atoms with van der Waals surface area (Å²) >= 11 is 11.9. The molecule has 0 spiro atoms. The van der Waals surface area contributed by atoms with Gasteiger partial charge in [-0.1, -0.05) is 41.4 Å². The highest BCUT2D eigenvalue weighted by Gasteiger charge is 2.13. The molecule has 0 saturated carbocycles. The molecule has 0 fully saturated rings. The molecule has 2 rings (SSSR count). The third-order valence-electron chi connectivity index (χ3n) is 2.36. The Morgan fingerprint density at radius 1 is 1.10 bits per heavy atom. The first-order chi connectivity index (χ1) is 9.56. The predicted molar refractivity (Wildman–Crippen MR) is 80.7 cm³/mol. The lowest BCUT2D eigenvalue weighted by atomic mass is 10.3. The average Bonchev–Trinajstić information content (AvgIpc) is 2.42. The molecule has 0 heterocycles. The third kappa shape index (κ3) is 3.91. The molecule has 0 amide bonds. The van der Waals surface area contributed by atoms with E-state index in [1.54, 1.807) is 0 Å². The van der Waals surface area contributed by atoms with E-state index in [9.17, 15) is 5.11 Å². The normalized spacial score (nSPS) is 11.9. The van der Waals surface area contributed by atoms with Gasteiger partial charge in [0.2, 0.25) is 0 Å². The summed E-state index contributed by atoms with van der Waals surface area (Å²) < 4.78 is 5.22. The van der Waals surface area contributed by atoms with Crippen LogP contribution in [0.1, 0.15) is 0 Å². The summed E-state index contributed by atoms with van der Waals surface area (Å²) in [4.78, 5) is 0. The molecule has 106 valence electrons. The molecule has 7 heteroatoms. The van der Waals surface area contributed by atoms with Gasteiger partial charge >= 0.3 is 0 Å². The number of nitrogens with one attached hydrogen (secondary N) is 2. The molecule has 0 aromatic heterocycles. The number of benzene rings is 2. The smallest absolute Gasteiger partial charge is 0.273 e. The molecule has 0 aliphatic heterocycles. The van der Waals surface area contributed by atoms with Crippen molar-refractivity contribution in [1.29, 1.82) is 0 Å². The van der Waals surface area contributed by atoms with Gasteiger partial charge in [0.1, 0.15) is 0 Å². The van der Waals surface area contributed by atoms with Crippen LogP contribution in [0.25, 0.3) is 0 Å². The maximum absolute atomic E-state index is 9.74. The van der Waals surface area contributed by atoms with Gasteiger partial charge in [-0.2, -0.15) is 5.43 Å². The predicted octanol–water partition coefficient (Wildman–Crippen LogP) is 2.85. The van der Waals surface area contributed by atoms with E-state index in [0.717, 1.165) is 5.69 Å². The van der Waals surface area contributed by atoms with Gasteiger partial charge < -0.3 is 21.0 Å². The number of rotatable bonds is 5. The Morgan fingerprint density at radius 3 is 2.30 bits per heavy atom. The SMILES string of the molecule is Nc1cc(Cl)c(OC(O)NNc2ccccc2)c(Cl)c1. The summed E-state index contributed by atoms with van der Waals surface area (Å²) in [7, 11) is 0. The number of hydrazine groups is 1. The Kier molecular flexibility index (Phi) is 4.92. The number of halogens is 2. The second-order valence-electron chi connectivity index (χ2n) is 3.92. The Morgan fingerprint density at radius 2 is 1.70 bits per heavy atom. The van der Waals surface area contributed by atoms with Crippen molar-refractivity contribution in [2.45, 2.75) is 6.41 Å². The van der Waals surface area contributed by atoms with E-state index < -0.39 is 6.41 Å². The molecule has 5 N–H and O–H groups in total. The van der Waals surface area contributed by atoms with E-state index in [2.05, 4.69) is 10.9 Å². The van der Waals surface area contributed by atoms with Crippen molar-refractivity contribution in [3.05, 3.63) is 52.5 Å². The highest BCUT2D eigenvalue weighted by Crippen LogP contribution is 2.35. The maximum atomic E-state index is 9.74. The van der Waals surface area contributed by atoms with Crippen molar-refractivity contribution in [2.75, 3.05) is 11.2 Å². The van der Waals surface area contributed by atoms with Gasteiger partial charge in [-0.05, 0) is 24.3 Å². The standard InChI is InChI=1S/C13H13Cl2N3O2/c14-10-6-8(16)7-11(15)12(10)20-13(19)18-17-9-4-2-1-3-5-9/h1-7,13,17-19H,16H2. The molecule has 1 atom stereocenters. The second kappa shape index (κ2) is 6.67. The molecular formula is C13H13Cl2N3O2. The van der Waals surface area contributed by atoms with Crippen LogP contribution < -0.4 is 21.3 Å². The van der Waals surface area contributed by atoms with Crippen molar-refractivity contribution in [3.8, 4) is 5.75 Å². The van der Waals surface area contributed by atoms with Gasteiger partial charge in [0.25, 0.3) is 6.41 Å². The van der Waals surface area contributed by atoms with Crippen LogP contribution in [0, 0.1) is 0 Å². The molecule has 0 aliphatic rings. The molecule has 0 aliphatic carbocycles. The van der Waals surface area contributed by atoms with Crippen LogP contribution >= 0.6 is 23.2 Å². The number of aliphatic hydroxyl groups is 1. The van der Waals surface area contributed by atoms with Crippen LogP contribution in [-0.2, 0) is 0 Å². The topological polar surface area (TPSA) is 79.5 Å². The van der Waals surface area contributed by atoms with Gasteiger partial charge in [-0.25, -0.2) is 0 Å². The number of hydrogen-bond acceptors (Lipinski definition) is 5. The van der Waals surface area contributed by atoms with E-state index in [1.807, 2.05) is 30.3 Å². The fourth-order valence-corrected chi connectivity index (χ4v) is 2.09. The number of aliphatic hydroxyl groups excluding tert-OH is 1. The monoisotopic (exact) mass is 313 g/mol. The highest BCUT2D eigenvalue weighted by molar-refractivity contribution is 6.37. The average molecular weight is 314 g/mol. The van der Waals surface area contributed by atoms with Crippen LogP contribution in [0.3, 0.4) is 0 Å². The minimum absolute atomic E-state index is 0.150. The maximum Gasteiger partial charge on any atom is 0.273 e. The summed E-state index contributed by atoms with van der Waals surface area (Å²) in [5, 5.41) is 10.2. The summed E-state index contributed by atoms with van der Waals surface area (Å²) in [5.74, 6) is 0.150. The van der Waals surface area contributed by atoms with Crippen molar-refractivity contribution in [3.63, 3.8) is 0 Å². The molecule has 0 radical (unpaired) electrons. The van der Waals surface area contributed by atoms with Gasteiger partial charge in [-0.15, -0.1) is 0 Å². The summed E-state index contributed by atoms with van der Waals surface area (Å²) in [6.07, 6.45) is -1.34. The van der Waals surface area contributed by atoms with Crippen molar-refractivity contribution in [1.82, 2.24) is 5.43 Å². The Bertz CT molecular complexity index is 558. The lowest BCUT2D eigenvalue weighted by Gasteiger charge is -2.18. The van der Waals surface area contributed by atoms with Gasteiger partial charge in [-0.3, -0.25) is 0 Å². The zero-order chi connectivity index (χ0) is 14.5. The van der Waals surface area contributed by atoms with E-state index >= 15 is 0 Å². The highest BCUT2D eigenvalue weighted by atomic mass is 35.5. The van der Waals surface area contributed by atoms with Crippen LogP contribution in [0.4, 0.5) is 11.4 Å². The minimum atomic E-state index is -1.34. The number of hydrogen-bond donors (Lipinski definition) is 4. The Hall–Kier alpha value is -1.66. The van der Waals surface area contributed by atoms with E-state index in [-0.39, 0.29) is 15.8 Å². The molecule has 2 aromatic rings. The molecule has 0 saturated heterocycles. The first-order valence-electron chi connectivity index (χ1n) is 5.72. The van der Waals surface area contributed by atoms with Crippen LogP contribution in [-0.4, -0.2) is 11.5 Å². The minimum Gasteiger partial charge on any atom is -0.447 e. The zero-order valence-electron chi connectivity index (χ0n) is 10.3. The van der Waals surface area contributed by atoms with Crippen LogP contribution in [0.15, 0.2) is 42.5 Å². The van der Waals surface area contributed by atoms with E-state index in [4.69, 9.17) is 33.7 Å². The lowest BCUT2D eigenvalue weighted by molar-refractivity contribution is -0.0380. The fraction of sp³-hybridized carbons (Fsp3) is 0.0769. The Balaban J connectivity index is 1.96. The second-order valence-corrected chi connectivity index (χ2v) is 4.73. The summed E-state index contributed by atoms with van der Waals surface area (Å²) in [5.41, 5.74) is 12.1. The van der Waals surface area contributed by atoms with E-state index in [0.29, 0.717) is 5.69 Å². The third-order valence-corrected chi connectivity index (χ3v) is 2.93. The molecular weight excluding hydrogens is 301 g/mol. The molecule has 0 bridgehead atoms. The van der Waals surface area contributed by atoms with Crippen LogP contribution in [0.2, 0.25) is 10.0 Å². The fourth-order valence-electron chi connectivity index (χ4n) is 1.50. The number of nitrogen functional groups attached to an aromatic ring is 1. The lowest BCUT2D eigenvalue weighted by Crippen LogP contribution is -2.38. The molecule has 20 heavy (non-hydrogen) atoms. The summed E-state index contributed by atoms with van der Waals surface area (Å²) in [6.45, 7) is 0. The Labute approximate surface area is 126 Å². The number of nitrogens with two attached hydrogens (primary N) is 1. The van der Waals surface area contributed by atoms with Crippen molar-refractivity contribution in [2.24, 2.45) is 0 Å². The molecule has 2 aromatic carbocycles. The summed E-state index contributed by atoms with van der Waals surface area (Å²) in [6, 6.07) is 12.2. The van der Waals surface area contributed by atoms with E-state index in [1.165, 1.54) is 12.1 Å². The number of anilines is 2. The van der Waals surface area contributed by atoms with Gasteiger partial charge in [0.15, 0.2) is 5.75 Å². The first-order valence-corrected chi connectivity index (χ1v) is 6.47. The van der Waals surface area contributed by atoms with Crippen molar-refractivity contribution >= 4 is 34.6 Å². The quantitative estimate of drug-likeness (QED) is 0.388. The van der Waals surface area contributed by atoms with Crippen molar-refractivity contribution < 1.29 is 9.84 Å². The molecule has 1 unspecified atom stereocenters. The largest absolute Gasteiger partial charge is 0.447 e. The van der Waals surface area contributed by atoms with Crippen LogP contribution in [0.5, 0.6) is 5.75 Å². The zero-order valence-corrected chi connectivity index (χ0v) is 11.8. The number of para-hydroxylation sites is 1. The molecule has 5 nitrogen and oxygen atoms in total. The number of ether oxygens (including phenoxy) is 1.